The van der Waals surface area contributed by atoms with Gasteiger partial charge in [-0.05, 0) is 36.1 Å². The summed E-state index contributed by atoms with van der Waals surface area (Å²) in [4.78, 5) is 11.9. The molecule has 0 radical (unpaired) electrons. The lowest BCUT2D eigenvalue weighted by atomic mass is 9.80. The fraction of sp³-hybridized carbons (Fsp3) is 0.357. The van der Waals surface area contributed by atoms with E-state index in [2.05, 4.69) is 12.6 Å². The molecule has 0 amide bonds. The number of benzene rings is 1. The van der Waals surface area contributed by atoms with Crippen molar-refractivity contribution in [2.75, 3.05) is 7.11 Å². The zero-order valence-corrected chi connectivity index (χ0v) is 9.53. The third-order valence-electron chi connectivity index (χ3n) is 3.16. The van der Waals surface area contributed by atoms with Gasteiger partial charge in [-0.1, -0.05) is 12.1 Å². The first-order chi connectivity index (χ1) is 7.76. The van der Waals surface area contributed by atoms with Crippen molar-refractivity contribution in [3.8, 4) is 5.75 Å². The van der Waals surface area contributed by atoms with Gasteiger partial charge in [0.25, 0.3) is 0 Å². The summed E-state index contributed by atoms with van der Waals surface area (Å²) >= 11 is 0. The highest BCUT2D eigenvalue weighted by Crippen LogP contribution is 2.34. The summed E-state index contributed by atoms with van der Waals surface area (Å²) in [5, 5.41) is 0. The summed E-state index contributed by atoms with van der Waals surface area (Å²) < 4.78 is 5.20. The van der Waals surface area contributed by atoms with Gasteiger partial charge in [-0.15, -0.1) is 6.58 Å². The molecule has 1 aromatic carbocycles. The van der Waals surface area contributed by atoms with Crippen LogP contribution in [0.15, 0.2) is 30.9 Å². The molecule has 0 heterocycles. The van der Waals surface area contributed by atoms with E-state index in [1.807, 2.05) is 18.2 Å². The first-order valence-electron chi connectivity index (χ1n) is 5.56. The molecule has 0 saturated heterocycles. The van der Waals surface area contributed by atoms with Gasteiger partial charge in [0, 0.05) is 12.3 Å². The molecule has 1 aliphatic rings. The lowest BCUT2D eigenvalue weighted by Crippen LogP contribution is -2.20. The number of fused-ring (bicyclic) bond motifs is 1. The van der Waals surface area contributed by atoms with Gasteiger partial charge in [0.2, 0.25) is 0 Å². The minimum absolute atomic E-state index is 0.0173. The summed E-state index contributed by atoms with van der Waals surface area (Å²) in [5.74, 6) is 1.12. The molecule has 2 heteroatoms. The van der Waals surface area contributed by atoms with Crippen molar-refractivity contribution >= 4 is 5.78 Å². The Balaban J connectivity index is 2.43. The molecule has 16 heavy (non-hydrogen) atoms. The zero-order chi connectivity index (χ0) is 11.5. The Morgan fingerprint density at radius 2 is 2.31 bits per heavy atom. The Bertz CT molecular complexity index is 421. The predicted molar refractivity (Wildman–Crippen MR) is 63.9 cm³/mol. The van der Waals surface area contributed by atoms with Crippen molar-refractivity contribution in [2.24, 2.45) is 0 Å². The Labute approximate surface area is 95.9 Å². The SMILES string of the molecule is C=CC[C@@H]1C(=O)CCc2ccc(OC)cc21. The number of rotatable bonds is 3. The number of ketones is 1. The van der Waals surface area contributed by atoms with Crippen molar-refractivity contribution in [3.63, 3.8) is 0 Å². The highest BCUT2D eigenvalue weighted by molar-refractivity contribution is 5.88. The Hall–Kier alpha value is -1.57. The van der Waals surface area contributed by atoms with Crippen LogP contribution in [0.3, 0.4) is 0 Å². The highest BCUT2D eigenvalue weighted by atomic mass is 16.5. The molecule has 0 fully saturated rings. The van der Waals surface area contributed by atoms with Crippen molar-refractivity contribution in [1.29, 1.82) is 0 Å². The molecule has 1 atom stereocenters. The van der Waals surface area contributed by atoms with Crippen LogP contribution >= 0.6 is 0 Å². The molecule has 1 aliphatic carbocycles. The summed E-state index contributed by atoms with van der Waals surface area (Å²) in [5.41, 5.74) is 2.39. The first kappa shape index (κ1) is 10.9. The van der Waals surface area contributed by atoms with Gasteiger partial charge in [-0.2, -0.15) is 0 Å². The summed E-state index contributed by atoms with van der Waals surface area (Å²) in [6.45, 7) is 3.72. The second-order valence-corrected chi connectivity index (χ2v) is 4.11. The molecule has 0 aliphatic heterocycles. The van der Waals surface area contributed by atoms with Gasteiger partial charge < -0.3 is 4.74 Å². The summed E-state index contributed by atoms with van der Waals surface area (Å²) in [6, 6.07) is 6.01. The fourth-order valence-electron chi connectivity index (χ4n) is 2.28. The standard InChI is InChI=1S/C14H16O2/c1-3-4-12-13-9-11(16-2)7-5-10(13)6-8-14(12)15/h3,5,7,9,12H,1,4,6,8H2,2H3/t12-/m0/s1. The molecule has 0 unspecified atom stereocenters. The largest absolute Gasteiger partial charge is 0.497 e. The van der Waals surface area contributed by atoms with Crippen molar-refractivity contribution in [2.45, 2.75) is 25.2 Å². The van der Waals surface area contributed by atoms with Crippen LogP contribution in [0.5, 0.6) is 5.75 Å². The highest BCUT2D eigenvalue weighted by Gasteiger charge is 2.26. The van der Waals surface area contributed by atoms with E-state index in [4.69, 9.17) is 4.74 Å². The number of aryl methyl sites for hydroxylation is 1. The van der Waals surface area contributed by atoms with Gasteiger partial charge in [0.15, 0.2) is 0 Å². The average Bonchev–Trinajstić information content (AvgIpc) is 2.32. The molecule has 0 N–H and O–H groups in total. The average molecular weight is 216 g/mol. The van der Waals surface area contributed by atoms with E-state index in [9.17, 15) is 4.79 Å². The maximum Gasteiger partial charge on any atom is 0.140 e. The minimum atomic E-state index is -0.0173. The third-order valence-corrected chi connectivity index (χ3v) is 3.16. The molecule has 0 bridgehead atoms. The number of hydrogen-bond donors (Lipinski definition) is 0. The quantitative estimate of drug-likeness (QED) is 0.726. The number of ether oxygens (including phenoxy) is 1. The van der Waals surface area contributed by atoms with E-state index in [0.717, 1.165) is 24.2 Å². The van der Waals surface area contributed by atoms with Crippen LogP contribution in [0, 0.1) is 0 Å². The van der Waals surface area contributed by atoms with E-state index < -0.39 is 0 Å². The molecule has 2 nitrogen and oxygen atoms in total. The number of carbonyl (C=O) groups is 1. The van der Waals surface area contributed by atoms with E-state index in [0.29, 0.717) is 12.2 Å². The summed E-state index contributed by atoms with van der Waals surface area (Å²) in [7, 11) is 1.65. The fourth-order valence-corrected chi connectivity index (χ4v) is 2.28. The normalized spacial score (nSPS) is 19.1. The zero-order valence-electron chi connectivity index (χ0n) is 9.53. The van der Waals surface area contributed by atoms with E-state index >= 15 is 0 Å². The third kappa shape index (κ3) is 1.87. The van der Waals surface area contributed by atoms with Gasteiger partial charge >= 0.3 is 0 Å². The Morgan fingerprint density at radius 1 is 1.50 bits per heavy atom. The maximum absolute atomic E-state index is 11.9. The topological polar surface area (TPSA) is 26.3 Å². The lowest BCUT2D eigenvalue weighted by molar-refractivity contribution is -0.120. The molecular weight excluding hydrogens is 200 g/mol. The van der Waals surface area contributed by atoms with Crippen molar-refractivity contribution < 1.29 is 9.53 Å². The number of allylic oxidation sites excluding steroid dienone is 1. The first-order valence-corrected chi connectivity index (χ1v) is 5.56. The second kappa shape index (κ2) is 4.52. The Kier molecular flexibility index (Phi) is 3.09. The van der Waals surface area contributed by atoms with E-state index in [1.54, 1.807) is 7.11 Å². The molecule has 84 valence electrons. The lowest BCUT2D eigenvalue weighted by Gasteiger charge is -2.23. The smallest absolute Gasteiger partial charge is 0.140 e. The van der Waals surface area contributed by atoms with Crippen LogP contribution in [0.4, 0.5) is 0 Å². The van der Waals surface area contributed by atoms with Gasteiger partial charge in [-0.25, -0.2) is 0 Å². The molecule has 0 saturated carbocycles. The monoisotopic (exact) mass is 216 g/mol. The van der Waals surface area contributed by atoms with Crippen LogP contribution in [-0.2, 0) is 11.2 Å². The number of carbonyl (C=O) groups excluding carboxylic acids is 1. The van der Waals surface area contributed by atoms with Crippen molar-refractivity contribution in [1.82, 2.24) is 0 Å². The van der Waals surface area contributed by atoms with Crippen LogP contribution < -0.4 is 4.74 Å². The number of hydrogen-bond acceptors (Lipinski definition) is 2. The van der Waals surface area contributed by atoms with Gasteiger partial charge in [-0.3, -0.25) is 4.79 Å². The van der Waals surface area contributed by atoms with E-state index in [1.165, 1.54) is 5.56 Å². The molecular formula is C14H16O2. The summed E-state index contributed by atoms with van der Waals surface area (Å²) in [6.07, 6.45) is 4.04. The molecule has 1 aromatic rings. The van der Waals surface area contributed by atoms with Crippen LogP contribution in [0.2, 0.25) is 0 Å². The van der Waals surface area contributed by atoms with Gasteiger partial charge in [0.05, 0.1) is 7.11 Å². The number of methoxy groups -OCH3 is 1. The molecule has 0 aromatic heterocycles. The van der Waals surface area contributed by atoms with Crippen LogP contribution in [0.1, 0.15) is 29.9 Å². The minimum Gasteiger partial charge on any atom is -0.497 e. The van der Waals surface area contributed by atoms with Crippen LogP contribution in [0.25, 0.3) is 0 Å². The number of Topliss-reactive ketones (excluding diaryl/α,β-unsaturated/α-hetero) is 1. The van der Waals surface area contributed by atoms with Gasteiger partial charge in [0.1, 0.15) is 11.5 Å². The van der Waals surface area contributed by atoms with Crippen LogP contribution in [-0.4, -0.2) is 12.9 Å². The second-order valence-electron chi connectivity index (χ2n) is 4.11. The Morgan fingerprint density at radius 3 is 3.00 bits per heavy atom. The molecule has 2 rings (SSSR count). The van der Waals surface area contributed by atoms with Crippen molar-refractivity contribution in [3.05, 3.63) is 42.0 Å². The maximum atomic E-state index is 11.9. The van der Waals surface area contributed by atoms with E-state index in [-0.39, 0.29) is 5.92 Å². The predicted octanol–water partition coefficient (Wildman–Crippen LogP) is 2.87. The molecule has 0 spiro atoms.